The predicted octanol–water partition coefficient (Wildman–Crippen LogP) is 3.57. The molecule has 120 valence electrons. The van der Waals surface area contributed by atoms with E-state index >= 15 is 0 Å². The molecule has 0 aliphatic heterocycles. The number of hydrogen-bond donors (Lipinski definition) is 2. The van der Waals surface area contributed by atoms with E-state index in [0.29, 0.717) is 23.7 Å². The van der Waals surface area contributed by atoms with Gasteiger partial charge in [0.15, 0.2) is 0 Å². The number of benzene rings is 2. The normalized spacial score (nSPS) is 11.6. The molecule has 0 bridgehead atoms. The smallest absolute Gasteiger partial charge is 0.251 e. The van der Waals surface area contributed by atoms with Crippen molar-refractivity contribution in [3.63, 3.8) is 0 Å². The fourth-order valence-corrected chi connectivity index (χ4v) is 2.48. The van der Waals surface area contributed by atoms with Gasteiger partial charge >= 0.3 is 0 Å². The van der Waals surface area contributed by atoms with Gasteiger partial charge in [-0.15, -0.1) is 0 Å². The molecule has 2 rings (SSSR count). The summed E-state index contributed by atoms with van der Waals surface area (Å²) in [6.45, 7) is 4.14. The van der Waals surface area contributed by atoms with Gasteiger partial charge in [0.05, 0.1) is 0 Å². The zero-order chi connectivity index (χ0) is 16.7. The van der Waals surface area contributed by atoms with Crippen LogP contribution in [0.15, 0.2) is 54.6 Å². The second-order valence-corrected chi connectivity index (χ2v) is 5.49. The molecule has 2 amide bonds. The van der Waals surface area contributed by atoms with Gasteiger partial charge in [0.1, 0.15) is 0 Å². The van der Waals surface area contributed by atoms with Crippen LogP contribution in [-0.2, 0) is 4.79 Å². The van der Waals surface area contributed by atoms with Crippen molar-refractivity contribution >= 4 is 17.5 Å². The van der Waals surface area contributed by atoms with E-state index in [1.807, 2.05) is 18.2 Å². The molecule has 0 heterocycles. The number of nitrogens with one attached hydrogen (secondary N) is 2. The average molecular weight is 310 g/mol. The number of carbonyl (C=O) groups is 2. The molecule has 0 aliphatic rings. The highest BCUT2D eigenvalue weighted by atomic mass is 16.2. The maximum Gasteiger partial charge on any atom is 0.251 e. The van der Waals surface area contributed by atoms with Crippen molar-refractivity contribution in [3.05, 3.63) is 65.7 Å². The molecule has 0 saturated heterocycles. The second-order valence-electron chi connectivity index (χ2n) is 5.49. The van der Waals surface area contributed by atoms with Crippen molar-refractivity contribution in [1.82, 2.24) is 5.32 Å². The van der Waals surface area contributed by atoms with Crippen molar-refractivity contribution in [2.75, 3.05) is 11.9 Å². The minimum absolute atomic E-state index is 0.133. The highest BCUT2D eigenvalue weighted by Gasteiger charge is 2.12. The van der Waals surface area contributed by atoms with Crippen LogP contribution in [0.4, 0.5) is 5.69 Å². The van der Waals surface area contributed by atoms with Gasteiger partial charge in [0, 0.05) is 30.6 Å². The van der Waals surface area contributed by atoms with Crippen LogP contribution in [0.2, 0.25) is 0 Å². The lowest BCUT2D eigenvalue weighted by Crippen LogP contribution is -2.28. The molecular weight excluding hydrogens is 288 g/mol. The molecule has 2 aromatic rings. The van der Waals surface area contributed by atoms with E-state index in [1.54, 1.807) is 24.3 Å². The van der Waals surface area contributed by atoms with Gasteiger partial charge in [0.2, 0.25) is 5.91 Å². The summed E-state index contributed by atoms with van der Waals surface area (Å²) in [4.78, 5) is 23.4. The van der Waals surface area contributed by atoms with Crippen molar-refractivity contribution in [2.24, 2.45) is 0 Å². The zero-order valence-corrected chi connectivity index (χ0v) is 13.5. The van der Waals surface area contributed by atoms with E-state index in [2.05, 4.69) is 29.7 Å². The van der Waals surface area contributed by atoms with Crippen LogP contribution in [0.1, 0.15) is 42.1 Å². The van der Waals surface area contributed by atoms with E-state index in [4.69, 9.17) is 0 Å². The Morgan fingerprint density at radius 2 is 1.78 bits per heavy atom. The van der Waals surface area contributed by atoms with Crippen LogP contribution >= 0.6 is 0 Å². The molecule has 0 aliphatic carbocycles. The lowest BCUT2D eigenvalue weighted by atomic mass is 9.96. The van der Waals surface area contributed by atoms with Gasteiger partial charge in [-0.25, -0.2) is 0 Å². The topological polar surface area (TPSA) is 58.2 Å². The molecule has 0 unspecified atom stereocenters. The standard InChI is InChI=1S/C19H22N2O2/c1-3-15(16-8-5-4-6-9-16)13-20-19(23)17-10-7-11-18(12-17)21-14(2)22/h4-12,15H,3,13H2,1-2H3,(H,20,23)(H,21,22)/t15-/m1/s1. The maximum absolute atomic E-state index is 12.3. The minimum Gasteiger partial charge on any atom is -0.351 e. The molecule has 1 atom stereocenters. The number of carbonyl (C=O) groups excluding carboxylic acids is 2. The van der Waals surface area contributed by atoms with Gasteiger partial charge in [-0.1, -0.05) is 43.3 Å². The van der Waals surface area contributed by atoms with E-state index in [1.165, 1.54) is 12.5 Å². The van der Waals surface area contributed by atoms with Crippen LogP contribution in [0.3, 0.4) is 0 Å². The predicted molar refractivity (Wildman–Crippen MR) is 92.6 cm³/mol. The van der Waals surface area contributed by atoms with Gasteiger partial charge in [0.25, 0.3) is 5.91 Å². The summed E-state index contributed by atoms with van der Waals surface area (Å²) in [5.41, 5.74) is 2.39. The molecule has 0 radical (unpaired) electrons. The Morgan fingerprint density at radius 1 is 1.04 bits per heavy atom. The molecule has 0 spiro atoms. The molecule has 23 heavy (non-hydrogen) atoms. The van der Waals surface area contributed by atoms with Crippen molar-refractivity contribution < 1.29 is 9.59 Å². The molecule has 0 aromatic heterocycles. The Balaban J connectivity index is 2.00. The molecule has 0 saturated carbocycles. The third-order valence-corrected chi connectivity index (χ3v) is 3.72. The quantitative estimate of drug-likeness (QED) is 0.857. The van der Waals surface area contributed by atoms with Crippen LogP contribution < -0.4 is 10.6 Å². The van der Waals surface area contributed by atoms with Crippen LogP contribution in [0.5, 0.6) is 0 Å². The number of amides is 2. The summed E-state index contributed by atoms with van der Waals surface area (Å²) in [5, 5.41) is 5.66. The summed E-state index contributed by atoms with van der Waals surface area (Å²) in [6, 6.07) is 17.1. The Labute approximate surface area is 136 Å². The second kappa shape index (κ2) is 8.13. The Bertz CT molecular complexity index is 668. The highest BCUT2D eigenvalue weighted by molar-refractivity contribution is 5.96. The van der Waals surface area contributed by atoms with Gasteiger partial charge in [-0.3, -0.25) is 9.59 Å². The van der Waals surface area contributed by atoms with E-state index in [9.17, 15) is 9.59 Å². The molecule has 4 nitrogen and oxygen atoms in total. The van der Waals surface area contributed by atoms with Gasteiger partial charge in [-0.2, -0.15) is 0 Å². The first-order valence-corrected chi connectivity index (χ1v) is 7.81. The molecule has 2 aromatic carbocycles. The summed E-state index contributed by atoms with van der Waals surface area (Å²) in [6.07, 6.45) is 0.955. The Morgan fingerprint density at radius 3 is 2.43 bits per heavy atom. The zero-order valence-electron chi connectivity index (χ0n) is 13.5. The van der Waals surface area contributed by atoms with E-state index in [-0.39, 0.29) is 11.8 Å². The first-order chi connectivity index (χ1) is 11.1. The Hall–Kier alpha value is -2.62. The number of rotatable bonds is 6. The highest BCUT2D eigenvalue weighted by Crippen LogP contribution is 2.18. The minimum atomic E-state index is -0.155. The lowest BCUT2D eigenvalue weighted by Gasteiger charge is -2.16. The average Bonchev–Trinajstić information content (AvgIpc) is 2.56. The van der Waals surface area contributed by atoms with Crippen molar-refractivity contribution in [2.45, 2.75) is 26.2 Å². The maximum atomic E-state index is 12.3. The monoisotopic (exact) mass is 310 g/mol. The number of hydrogen-bond acceptors (Lipinski definition) is 2. The van der Waals surface area contributed by atoms with Crippen molar-refractivity contribution in [3.8, 4) is 0 Å². The van der Waals surface area contributed by atoms with Crippen molar-refractivity contribution in [1.29, 1.82) is 0 Å². The lowest BCUT2D eigenvalue weighted by molar-refractivity contribution is -0.114. The summed E-state index contributed by atoms with van der Waals surface area (Å²) < 4.78 is 0. The van der Waals surface area contributed by atoms with E-state index < -0.39 is 0 Å². The summed E-state index contributed by atoms with van der Waals surface area (Å²) >= 11 is 0. The molecule has 4 heteroatoms. The fraction of sp³-hybridized carbons (Fsp3) is 0.263. The first kappa shape index (κ1) is 16.7. The van der Waals surface area contributed by atoms with Crippen LogP contribution in [0.25, 0.3) is 0 Å². The van der Waals surface area contributed by atoms with Crippen LogP contribution in [0, 0.1) is 0 Å². The van der Waals surface area contributed by atoms with Gasteiger partial charge in [-0.05, 0) is 30.2 Å². The third-order valence-electron chi connectivity index (χ3n) is 3.72. The summed E-state index contributed by atoms with van der Waals surface area (Å²) in [5.74, 6) is 0.00273. The van der Waals surface area contributed by atoms with Gasteiger partial charge < -0.3 is 10.6 Å². The largest absolute Gasteiger partial charge is 0.351 e. The molecule has 0 fully saturated rings. The fourth-order valence-electron chi connectivity index (χ4n) is 2.48. The molecule has 2 N–H and O–H groups in total. The third kappa shape index (κ3) is 4.95. The van der Waals surface area contributed by atoms with E-state index in [0.717, 1.165) is 6.42 Å². The number of anilines is 1. The molecular formula is C19H22N2O2. The van der Waals surface area contributed by atoms with Crippen LogP contribution in [-0.4, -0.2) is 18.4 Å². The summed E-state index contributed by atoms with van der Waals surface area (Å²) in [7, 11) is 0. The SMILES string of the molecule is CC[C@H](CNC(=O)c1cccc(NC(C)=O)c1)c1ccccc1. The Kier molecular flexibility index (Phi) is 5.92. The first-order valence-electron chi connectivity index (χ1n) is 7.81.